The third kappa shape index (κ3) is 5.47. The highest BCUT2D eigenvalue weighted by Crippen LogP contribution is 2.23. The lowest BCUT2D eigenvalue weighted by molar-refractivity contribution is -0.274. The molecule has 2 heterocycles. The first-order valence-electron chi connectivity index (χ1n) is 8.09. The molecule has 1 aromatic heterocycles. The fourth-order valence-corrected chi connectivity index (χ4v) is 2.88. The number of rotatable bonds is 5. The molecule has 0 spiro atoms. The number of hydrogen-bond acceptors (Lipinski definition) is 5. The van der Waals surface area contributed by atoms with E-state index in [0.717, 1.165) is 49.7 Å². The number of hydrogen-bond donors (Lipinski definition) is 0. The summed E-state index contributed by atoms with van der Waals surface area (Å²) in [7, 11) is 0. The van der Waals surface area contributed by atoms with Gasteiger partial charge in [0, 0.05) is 45.3 Å². The standard InChI is InChI=1S/C17H20F3N3O2/c1-13-10-15(21-25-13)12-23-8-6-22(7-9-23)11-14-2-4-16(5-3-14)24-17(18,19)20/h2-5,10H,6-9,11-12H2,1H3. The number of aryl methyl sites for hydroxylation is 1. The first-order chi connectivity index (χ1) is 11.9. The molecule has 1 fully saturated rings. The Kier molecular flexibility index (Phi) is 5.29. The van der Waals surface area contributed by atoms with Gasteiger partial charge in [0.25, 0.3) is 0 Å². The number of halogens is 3. The van der Waals surface area contributed by atoms with Crippen molar-refractivity contribution in [2.75, 3.05) is 26.2 Å². The lowest BCUT2D eigenvalue weighted by Gasteiger charge is -2.34. The maximum absolute atomic E-state index is 12.2. The second kappa shape index (κ2) is 7.45. The molecule has 2 aromatic rings. The molecule has 25 heavy (non-hydrogen) atoms. The van der Waals surface area contributed by atoms with Gasteiger partial charge in [-0.2, -0.15) is 0 Å². The summed E-state index contributed by atoms with van der Waals surface area (Å²) in [5, 5.41) is 4.01. The highest BCUT2D eigenvalue weighted by molar-refractivity contribution is 5.27. The second-order valence-corrected chi connectivity index (χ2v) is 6.17. The van der Waals surface area contributed by atoms with Crippen LogP contribution in [0.15, 0.2) is 34.9 Å². The van der Waals surface area contributed by atoms with E-state index in [1.54, 1.807) is 12.1 Å². The molecule has 1 aliphatic heterocycles. The number of aromatic nitrogens is 1. The number of alkyl halides is 3. The van der Waals surface area contributed by atoms with Gasteiger partial charge in [-0.25, -0.2) is 0 Å². The minimum Gasteiger partial charge on any atom is -0.406 e. The number of ether oxygens (including phenoxy) is 1. The molecule has 0 unspecified atom stereocenters. The second-order valence-electron chi connectivity index (χ2n) is 6.17. The Morgan fingerprint density at radius 2 is 1.64 bits per heavy atom. The lowest BCUT2D eigenvalue weighted by atomic mass is 10.2. The molecule has 136 valence electrons. The highest BCUT2D eigenvalue weighted by atomic mass is 19.4. The van der Waals surface area contributed by atoms with Crippen LogP contribution in [0.4, 0.5) is 13.2 Å². The number of nitrogens with zero attached hydrogens (tertiary/aromatic N) is 3. The molecule has 3 rings (SSSR count). The van der Waals surface area contributed by atoms with Crippen LogP contribution in [-0.4, -0.2) is 47.5 Å². The average Bonchev–Trinajstić information content (AvgIpc) is 2.95. The molecule has 0 radical (unpaired) electrons. The van der Waals surface area contributed by atoms with Crippen molar-refractivity contribution in [2.24, 2.45) is 0 Å². The van der Waals surface area contributed by atoms with Crippen molar-refractivity contribution in [3.05, 3.63) is 47.3 Å². The molecule has 5 nitrogen and oxygen atoms in total. The predicted molar refractivity (Wildman–Crippen MR) is 84.9 cm³/mol. The van der Waals surface area contributed by atoms with Crippen LogP contribution in [-0.2, 0) is 13.1 Å². The first kappa shape index (κ1) is 17.8. The van der Waals surface area contributed by atoms with Crippen molar-refractivity contribution < 1.29 is 22.4 Å². The van der Waals surface area contributed by atoms with E-state index >= 15 is 0 Å². The lowest BCUT2D eigenvalue weighted by Crippen LogP contribution is -2.45. The average molecular weight is 355 g/mol. The van der Waals surface area contributed by atoms with Gasteiger partial charge in [-0.05, 0) is 24.6 Å². The zero-order valence-corrected chi connectivity index (χ0v) is 13.9. The summed E-state index contributed by atoms with van der Waals surface area (Å²) < 4.78 is 45.5. The summed E-state index contributed by atoms with van der Waals surface area (Å²) in [6.45, 7) is 6.99. The molecule has 1 aliphatic rings. The summed E-state index contributed by atoms with van der Waals surface area (Å²) in [6, 6.07) is 7.99. The van der Waals surface area contributed by atoms with E-state index < -0.39 is 6.36 Å². The minimum absolute atomic E-state index is 0.191. The van der Waals surface area contributed by atoms with Crippen molar-refractivity contribution in [3.63, 3.8) is 0 Å². The van der Waals surface area contributed by atoms with Gasteiger partial charge in [-0.1, -0.05) is 17.3 Å². The minimum atomic E-state index is -4.65. The van der Waals surface area contributed by atoms with Gasteiger partial charge in [0.15, 0.2) is 0 Å². The van der Waals surface area contributed by atoms with Crippen molar-refractivity contribution in [2.45, 2.75) is 26.4 Å². The Hall–Kier alpha value is -2.06. The Labute approximate surface area is 143 Å². The Morgan fingerprint density at radius 3 is 2.16 bits per heavy atom. The molecule has 0 saturated carbocycles. The maximum Gasteiger partial charge on any atom is 0.573 e. The number of piperazine rings is 1. The molecular formula is C17H20F3N3O2. The van der Waals surface area contributed by atoms with Gasteiger partial charge in [-0.15, -0.1) is 13.2 Å². The van der Waals surface area contributed by atoms with Crippen LogP contribution in [0.3, 0.4) is 0 Å². The zero-order chi connectivity index (χ0) is 17.9. The third-order valence-corrected chi connectivity index (χ3v) is 4.09. The predicted octanol–water partition coefficient (Wildman–Crippen LogP) is 3.20. The van der Waals surface area contributed by atoms with E-state index in [9.17, 15) is 13.2 Å². The molecule has 0 amide bonds. The summed E-state index contributed by atoms with van der Waals surface area (Å²) in [5.41, 5.74) is 1.90. The summed E-state index contributed by atoms with van der Waals surface area (Å²) in [5.74, 6) is 0.621. The largest absolute Gasteiger partial charge is 0.573 e. The van der Waals surface area contributed by atoms with Crippen molar-refractivity contribution in [1.82, 2.24) is 15.0 Å². The van der Waals surface area contributed by atoms with E-state index in [2.05, 4.69) is 19.7 Å². The third-order valence-electron chi connectivity index (χ3n) is 4.09. The Bertz CT molecular complexity index is 677. The van der Waals surface area contributed by atoms with Gasteiger partial charge in [0.1, 0.15) is 11.5 Å². The zero-order valence-electron chi connectivity index (χ0n) is 13.9. The van der Waals surface area contributed by atoms with Crippen LogP contribution >= 0.6 is 0 Å². The van der Waals surface area contributed by atoms with Gasteiger partial charge in [0.2, 0.25) is 0 Å². The van der Waals surface area contributed by atoms with Gasteiger partial charge < -0.3 is 9.26 Å². The summed E-state index contributed by atoms with van der Waals surface area (Å²) in [4.78, 5) is 4.60. The Balaban J connectivity index is 1.45. The normalized spacial score (nSPS) is 17.0. The van der Waals surface area contributed by atoms with Crippen molar-refractivity contribution in [3.8, 4) is 5.75 Å². The quantitative estimate of drug-likeness (QED) is 0.824. The van der Waals surface area contributed by atoms with Crippen LogP contribution in [0.5, 0.6) is 5.75 Å². The van der Waals surface area contributed by atoms with Crippen molar-refractivity contribution >= 4 is 0 Å². The van der Waals surface area contributed by atoms with Crippen LogP contribution in [0, 0.1) is 6.92 Å². The first-order valence-corrected chi connectivity index (χ1v) is 8.09. The molecule has 8 heteroatoms. The number of benzene rings is 1. The van der Waals surface area contributed by atoms with Crippen LogP contribution < -0.4 is 4.74 Å². The van der Waals surface area contributed by atoms with E-state index in [1.807, 2.05) is 13.0 Å². The van der Waals surface area contributed by atoms with E-state index in [4.69, 9.17) is 4.52 Å². The fourth-order valence-electron chi connectivity index (χ4n) is 2.88. The molecule has 1 saturated heterocycles. The molecular weight excluding hydrogens is 335 g/mol. The topological polar surface area (TPSA) is 41.7 Å². The van der Waals surface area contributed by atoms with Crippen LogP contribution in [0.25, 0.3) is 0 Å². The van der Waals surface area contributed by atoms with E-state index in [-0.39, 0.29) is 5.75 Å². The molecule has 0 bridgehead atoms. The van der Waals surface area contributed by atoms with Crippen LogP contribution in [0.1, 0.15) is 17.0 Å². The highest BCUT2D eigenvalue weighted by Gasteiger charge is 2.31. The molecule has 0 N–H and O–H groups in total. The fraction of sp³-hybridized carbons (Fsp3) is 0.471. The maximum atomic E-state index is 12.2. The van der Waals surface area contributed by atoms with E-state index in [1.165, 1.54) is 12.1 Å². The molecule has 1 aromatic carbocycles. The van der Waals surface area contributed by atoms with Gasteiger partial charge in [0.05, 0.1) is 5.69 Å². The summed E-state index contributed by atoms with van der Waals surface area (Å²) in [6.07, 6.45) is -4.65. The molecule has 0 atom stereocenters. The molecule has 0 aliphatic carbocycles. The smallest absolute Gasteiger partial charge is 0.406 e. The Morgan fingerprint density at radius 1 is 1.04 bits per heavy atom. The van der Waals surface area contributed by atoms with Gasteiger partial charge >= 0.3 is 6.36 Å². The van der Waals surface area contributed by atoms with Gasteiger partial charge in [-0.3, -0.25) is 9.80 Å². The summed E-state index contributed by atoms with van der Waals surface area (Å²) >= 11 is 0. The van der Waals surface area contributed by atoms with E-state index in [0.29, 0.717) is 6.54 Å². The SMILES string of the molecule is Cc1cc(CN2CCN(Cc3ccc(OC(F)(F)F)cc3)CC2)no1. The van der Waals surface area contributed by atoms with Crippen LogP contribution in [0.2, 0.25) is 0 Å². The monoisotopic (exact) mass is 355 g/mol. The van der Waals surface area contributed by atoms with Crippen molar-refractivity contribution in [1.29, 1.82) is 0 Å².